The summed E-state index contributed by atoms with van der Waals surface area (Å²) in [5.41, 5.74) is 1.51. The Balaban J connectivity index is 1.60. The SMILES string of the molecule is CN1CCN(CC2CCCCC2)c2nc(-n3c(=O)[nH]c4ncccc43)ccc2C1=O. The van der Waals surface area contributed by atoms with Crippen LogP contribution in [-0.4, -0.2) is 57.0 Å². The summed E-state index contributed by atoms with van der Waals surface area (Å²) in [4.78, 5) is 41.4. The molecule has 0 saturated heterocycles. The van der Waals surface area contributed by atoms with Crippen LogP contribution in [0, 0.1) is 5.92 Å². The highest BCUT2D eigenvalue weighted by molar-refractivity contribution is 5.99. The molecule has 0 spiro atoms. The summed E-state index contributed by atoms with van der Waals surface area (Å²) in [6, 6.07) is 7.18. The van der Waals surface area contributed by atoms with Gasteiger partial charge in [0.1, 0.15) is 11.6 Å². The third-order valence-corrected chi connectivity index (χ3v) is 6.33. The minimum Gasteiger partial charge on any atom is -0.354 e. The molecule has 1 fully saturated rings. The minimum atomic E-state index is -0.285. The molecule has 0 aromatic carbocycles. The molecule has 3 aromatic heterocycles. The summed E-state index contributed by atoms with van der Waals surface area (Å²) in [7, 11) is 1.83. The number of aromatic amines is 1. The van der Waals surface area contributed by atoms with E-state index in [1.165, 1.54) is 36.7 Å². The van der Waals surface area contributed by atoms with Crippen molar-refractivity contribution in [1.29, 1.82) is 0 Å². The van der Waals surface area contributed by atoms with Gasteiger partial charge in [0.15, 0.2) is 5.65 Å². The number of hydrogen-bond acceptors (Lipinski definition) is 5. The molecule has 0 bridgehead atoms. The largest absolute Gasteiger partial charge is 0.354 e. The van der Waals surface area contributed by atoms with Gasteiger partial charge >= 0.3 is 5.69 Å². The molecule has 1 N–H and O–H groups in total. The number of pyridine rings is 2. The van der Waals surface area contributed by atoms with Crippen LogP contribution in [0.25, 0.3) is 17.0 Å². The van der Waals surface area contributed by atoms with Crippen LogP contribution in [0.5, 0.6) is 0 Å². The molecule has 1 aliphatic carbocycles. The summed E-state index contributed by atoms with van der Waals surface area (Å²) in [5.74, 6) is 1.78. The number of nitrogens with zero attached hydrogens (tertiary/aromatic N) is 5. The molecular formula is C22H26N6O2. The van der Waals surface area contributed by atoms with E-state index < -0.39 is 0 Å². The molecule has 2 aliphatic rings. The fourth-order valence-corrected chi connectivity index (χ4v) is 4.68. The lowest BCUT2D eigenvalue weighted by molar-refractivity contribution is 0.0804. The van der Waals surface area contributed by atoms with Crippen LogP contribution in [0.3, 0.4) is 0 Å². The average molecular weight is 406 g/mol. The lowest BCUT2D eigenvalue weighted by Gasteiger charge is -2.30. The van der Waals surface area contributed by atoms with Crippen molar-refractivity contribution in [3.05, 3.63) is 46.5 Å². The van der Waals surface area contributed by atoms with Gasteiger partial charge in [-0.05, 0) is 43.0 Å². The lowest BCUT2D eigenvalue weighted by atomic mass is 9.89. The minimum absolute atomic E-state index is 0.0249. The Morgan fingerprint density at radius 2 is 1.93 bits per heavy atom. The third kappa shape index (κ3) is 3.26. The number of hydrogen-bond donors (Lipinski definition) is 1. The Morgan fingerprint density at radius 3 is 2.77 bits per heavy atom. The van der Waals surface area contributed by atoms with Crippen LogP contribution in [0.2, 0.25) is 0 Å². The van der Waals surface area contributed by atoms with E-state index in [4.69, 9.17) is 4.98 Å². The molecule has 3 aromatic rings. The second-order valence-electron chi connectivity index (χ2n) is 8.35. The molecule has 8 nitrogen and oxygen atoms in total. The molecule has 156 valence electrons. The van der Waals surface area contributed by atoms with E-state index in [1.54, 1.807) is 29.3 Å². The molecule has 30 heavy (non-hydrogen) atoms. The van der Waals surface area contributed by atoms with Gasteiger partial charge in [0.05, 0.1) is 11.1 Å². The molecular weight excluding hydrogens is 380 g/mol. The summed E-state index contributed by atoms with van der Waals surface area (Å²) in [5, 5.41) is 0. The Kier molecular flexibility index (Phi) is 4.77. The Hall–Kier alpha value is -3.16. The smallest absolute Gasteiger partial charge is 0.333 e. The number of imidazole rings is 1. The number of likely N-dealkylation sites (N-methyl/N-ethyl adjacent to an activating group) is 1. The van der Waals surface area contributed by atoms with E-state index >= 15 is 0 Å². The van der Waals surface area contributed by atoms with Crippen LogP contribution < -0.4 is 10.6 Å². The van der Waals surface area contributed by atoms with Crippen LogP contribution in [0.4, 0.5) is 5.82 Å². The number of aromatic nitrogens is 4. The number of H-pyrrole nitrogens is 1. The molecule has 1 amide bonds. The monoisotopic (exact) mass is 406 g/mol. The van der Waals surface area contributed by atoms with Gasteiger partial charge in [0.25, 0.3) is 5.91 Å². The average Bonchev–Trinajstić information content (AvgIpc) is 3.06. The zero-order valence-electron chi connectivity index (χ0n) is 17.2. The number of fused-ring (bicyclic) bond motifs is 2. The first-order valence-electron chi connectivity index (χ1n) is 10.7. The molecule has 1 saturated carbocycles. The van der Waals surface area contributed by atoms with Crippen molar-refractivity contribution < 1.29 is 4.79 Å². The van der Waals surface area contributed by atoms with E-state index in [1.807, 2.05) is 13.1 Å². The maximum atomic E-state index is 12.9. The van der Waals surface area contributed by atoms with E-state index in [9.17, 15) is 9.59 Å². The highest BCUT2D eigenvalue weighted by Crippen LogP contribution is 2.29. The van der Waals surface area contributed by atoms with Gasteiger partial charge < -0.3 is 9.80 Å². The van der Waals surface area contributed by atoms with Crippen molar-refractivity contribution in [2.75, 3.05) is 31.6 Å². The van der Waals surface area contributed by atoms with Crippen LogP contribution in [0.15, 0.2) is 35.3 Å². The fourth-order valence-electron chi connectivity index (χ4n) is 4.68. The van der Waals surface area contributed by atoms with Gasteiger partial charge in [-0.2, -0.15) is 0 Å². The highest BCUT2D eigenvalue weighted by Gasteiger charge is 2.28. The zero-order chi connectivity index (χ0) is 20.7. The number of anilines is 1. The quantitative estimate of drug-likeness (QED) is 0.722. The summed E-state index contributed by atoms with van der Waals surface area (Å²) in [6.45, 7) is 2.30. The second-order valence-corrected chi connectivity index (χ2v) is 8.35. The van der Waals surface area contributed by atoms with Gasteiger partial charge in [-0.25, -0.2) is 19.3 Å². The zero-order valence-corrected chi connectivity index (χ0v) is 17.2. The van der Waals surface area contributed by atoms with Gasteiger partial charge in [-0.15, -0.1) is 0 Å². The highest BCUT2D eigenvalue weighted by atomic mass is 16.2. The molecule has 4 heterocycles. The van der Waals surface area contributed by atoms with Gasteiger partial charge in [0.2, 0.25) is 0 Å². The molecule has 1 aliphatic heterocycles. The topological polar surface area (TPSA) is 87.1 Å². The van der Waals surface area contributed by atoms with E-state index in [-0.39, 0.29) is 11.6 Å². The van der Waals surface area contributed by atoms with E-state index in [2.05, 4.69) is 14.9 Å². The number of carbonyl (C=O) groups is 1. The van der Waals surface area contributed by atoms with Gasteiger partial charge in [0, 0.05) is 32.9 Å². The normalized spacial score (nSPS) is 18.0. The van der Waals surface area contributed by atoms with Gasteiger partial charge in [-0.1, -0.05) is 19.3 Å². The first kappa shape index (κ1) is 18.8. The molecule has 0 radical (unpaired) electrons. The van der Waals surface area contributed by atoms with Crippen LogP contribution in [0.1, 0.15) is 42.5 Å². The fraction of sp³-hybridized carbons (Fsp3) is 0.455. The predicted octanol–water partition coefficient (Wildman–Crippen LogP) is 2.58. The number of rotatable bonds is 3. The number of nitrogens with one attached hydrogen (secondary N) is 1. The number of carbonyl (C=O) groups excluding carboxylic acids is 1. The van der Waals surface area contributed by atoms with Crippen molar-refractivity contribution in [2.45, 2.75) is 32.1 Å². The van der Waals surface area contributed by atoms with E-state index in [0.717, 1.165) is 13.1 Å². The van der Waals surface area contributed by atoms with Crippen LogP contribution in [-0.2, 0) is 0 Å². The molecule has 5 rings (SSSR count). The summed E-state index contributed by atoms with van der Waals surface area (Å²) in [6.07, 6.45) is 7.96. The second kappa shape index (κ2) is 7.59. The van der Waals surface area contributed by atoms with Crippen molar-refractivity contribution in [2.24, 2.45) is 5.92 Å². The van der Waals surface area contributed by atoms with Crippen molar-refractivity contribution in [3.63, 3.8) is 0 Å². The Bertz CT molecular complexity index is 1140. The first-order valence-corrected chi connectivity index (χ1v) is 10.7. The maximum Gasteiger partial charge on any atom is 0.333 e. The van der Waals surface area contributed by atoms with Crippen molar-refractivity contribution in [1.82, 2.24) is 24.4 Å². The maximum absolute atomic E-state index is 12.9. The Labute approximate surface area is 174 Å². The summed E-state index contributed by atoms with van der Waals surface area (Å²) < 4.78 is 1.53. The van der Waals surface area contributed by atoms with Crippen LogP contribution >= 0.6 is 0 Å². The number of amides is 1. The third-order valence-electron chi connectivity index (χ3n) is 6.33. The Morgan fingerprint density at radius 1 is 1.10 bits per heavy atom. The predicted molar refractivity (Wildman–Crippen MR) is 115 cm³/mol. The standard InChI is InChI=1S/C22H26N6O2/c1-26-12-13-27(14-15-6-3-2-4-7-15)20-16(21(26)29)9-10-18(24-20)28-17-8-5-11-23-19(17)25-22(28)30/h5,8-11,15H,2-4,6-7,12-14H2,1H3,(H,23,25,30). The summed E-state index contributed by atoms with van der Waals surface area (Å²) >= 11 is 0. The first-order chi connectivity index (χ1) is 14.6. The molecule has 0 atom stereocenters. The molecule has 8 heteroatoms. The van der Waals surface area contributed by atoms with Crippen molar-refractivity contribution >= 4 is 22.9 Å². The van der Waals surface area contributed by atoms with Gasteiger partial charge in [-0.3, -0.25) is 9.78 Å². The van der Waals surface area contributed by atoms with E-state index in [0.29, 0.717) is 40.8 Å². The lowest BCUT2D eigenvalue weighted by Crippen LogP contribution is -2.35. The van der Waals surface area contributed by atoms with Crippen molar-refractivity contribution in [3.8, 4) is 5.82 Å². The molecule has 0 unspecified atom stereocenters.